The van der Waals surface area contributed by atoms with Crippen LogP contribution in [0.1, 0.15) is 43.5 Å². The smallest absolute Gasteiger partial charge is 0.257 e. The van der Waals surface area contributed by atoms with E-state index in [1.165, 1.54) is 24.9 Å². The van der Waals surface area contributed by atoms with E-state index in [4.69, 9.17) is 17.0 Å². The lowest BCUT2D eigenvalue weighted by Crippen LogP contribution is -2.34. The molecule has 0 saturated carbocycles. The molecule has 6 heteroatoms. The lowest BCUT2D eigenvalue weighted by molar-refractivity contribution is 0.0977. The molecular weight excluding hydrogens is 370 g/mol. The van der Waals surface area contributed by atoms with Gasteiger partial charge in [-0.05, 0) is 93.9 Å². The number of ether oxygens (including phenoxy) is 1. The number of carbonyl (C=O) groups is 1. The van der Waals surface area contributed by atoms with E-state index in [1.807, 2.05) is 26.0 Å². The first kappa shape index (κ1) is 20.1. The number of carbonyl (C=O) groups excluding carboxylic acids is 1. The molecule has 1 saturated heterocycles. The van der Waals surface area contributed by atoms with E-state index in [0.29, 0.717) is 5.56 Å². The van der Waals surface area contributed by atoms with Gasteiger partial charge in [-0.15, -0.1) is 0 Å². The monoisotopic (exact) mass is 397 g/mol. The van der Waals surface area contributed by atoms with Gasteiger partial charge in [0, 0.05) is 30.0 Å². The maximum atomic E-state index is 12.4. The molecule has 1 fully saturated rings. The molecule has 1 aliphatic heterocycles. The van der Waals surface area contributed by atoms with Crippen molar-refractivity contribution in [3.8, 4) is 5.75 Å². The van der Waals surface area contributed by atoms with Crippen molar-refractivity contribution in [2.75, 3.05) is 23.3 Å². The van der Waals surface area contributed by atoms with Crippen LogP contribution in [-0.2, 0) is 0 Å². The minimum atomic E-state index is -0.251. The summed E-state index contributed by atoms with van der Waals surface area (Å²) in [7, 11) is 0. The van der Waals surface area contributed by atoms with Gasteiger partial charge in [-0.2, -0.15) is 0 Å². The first-order valence-electron chi connectivity index (χ1n) is 9.75. The Morgan fingerprint density at radius 1 is 1.00 bits per heavy atom. The predicted molar refractivity (Wildman–Crippen MR) is 118 cm³/mol. The van der Waals surface area contributed by atoms with E-state index in [9.17, 15) is 4.79 Å². The Morgan fingerprint density at radius 3 is 2.25 bits per heavy atom. The number of benzene rings is 2. The number of thiocarbonyl (C=S) groups is 1. The Morgan fingerprint density at radius 2 is 1.64 bits per heavy atom. The first-order valence-corrected chi connectivity index (χ1v) is 10.2. The Kier molecular flexibility index (Phi) is 6.87. The van der Waals surface area contributed by atoms with E-state index in [1.54, 1.807) is 24.3 Å². The van der Waals surface area contributed by atoms with Gasteiger partial charge in [0.15, 0.2) is 5.11 Å². The summed E-state index contributed by atoms with van der Waals surface area (Å²) in [6, 6.07) is 15.2. The maximum absolute atomic E-state index is 12.4. The molecule has 148 valence electrons. The fraction of sp³-hybridized carbons (Fsp3) is 0.364. The van der Waals surface area contributed by atoms with Crippen LogP contribution >= 0.6 is 12.2 Å². The molecule has 1 amide bonds. The van der Waals surface area contributed by atoms with Crippen molar-refractivity contribution in [2.45, 2.75) is 39.2 Å². The normalized spacial score (nSPS) is 13.9. The zero-order chi connectivity index (χ0) is 19.9. The summed E-state index contributed by atoms with van der Waals surface area (Å²) in [6.45, 7) is 6.15. The van der Waals surface area contributed by atoms with E-state index in [-0.39, 0.29) is 17.1 Å². The highest BCUT2D eigenvalue weighted by Gasteiger charge is 2.11. The Bertz CT molecular complexity index is 798. The van der Waals surface area contributed by atoms with Gasteiger partial charge in [0.25, 0.3) is 5.91 Å². The second-order valence-electron chi connectivity index (χ2n) is 7.19. The number of amides is 1. The largest absolute Gasteiger partial charge is 0.491 e. The third kappa shape index (κ3) is 5.70. The quantitative estimate of drug-likeness (QED) is 0.723. The van der Waals surface area contributed by atoms with Gasteiger partial charge >= 0.3 is 0 Å². The summed E-state index contributed by atoms with van der Waals surface area (Å²) in [5.74, 6) is 0.486. The van der Waals surface area contributed by atoms with Crippen LogP contribution < -0.4 is 20.3 Å². The molecule has 0 aliphatic carbocycles. The third-order valence-corrected chi connectivity index (χ3v) is 4.77. The molecule has 28 heavy (non-hydrogen) atoms. The van der Waals surface area contributed by atoms with Crippen molar-refractivity contribution in [1.29, 1.82) is 0 Å². The second-order valence-corrected chi connectivity index (χ2v) is 7.60. The molecule has 0 aromatic heterocycles. The van der Waals surface area contributed by atoms with E-state index >= 15 is 0 Å². The van der Waals surface area contributed by atoms with Gasteiger partial charge in [0.1, 0.15) is 5.75 Å². The average Bonchev–Trinajstić information content (AvgIpc) is 2.69. The van der Waals surface area contributed by atoms with E-state index < -0.39 is 0 Å². The summed E-state index contributed by atoms with van der Waals surface area (Å²) in [6.07, 6.45) is 3.91. The molecule has 2 aromatic rings. The van der Waals surface area contributed by atoms with Crippen LogP contribution in [0.3, 0.4) is 0 Å². The lowest BCUT2D eigenvalue weighted by atomic mass is 10.1. The topological polar surface area (TPSA) is 53.6 Å². The van der Waals surface area contributed by atoms with Crippen molar-refractivity contribution < 1.29 is 9.53 Å². The SMILES string of the molecule is CC(C)Oc1ccc(C(=O)NC(=S)Nc2ccc(N3CCCCC3)cc2)cc1. The summed E-state index contributed by atoms with van der Waals surface area (Å²) in [5.41, 5.74) is 2.61. The predicted octanol–water partition coefficient (Wildman–Crippen LogP) is 4.59. The molecule has 3 rings (SSSR count). The van der Waals surface area contributed by atoms with Gasteiger partial charge in [0.2, 0.25) is 0 Å². The molecule has 5 nitrogen and oxygen atoms in total. The van der Waals surface area contributed by atoms with Crippen LogP contribution in [-0.4, -0.2) is 30.2 Å². The minimum absolute atomic E-state index is 0.0951. The van der Waals surface area contributed by atoms with Crippen LogP contribution in [0.15, 0.2) is 48.5 Å². The molecule has 0 atom stereocenters. The van der Waals surface area contributed by atoms with Gasteiger partial charge in [-0.1, -0.05) is 0 Å². The van der Waals surface area contributed by atoms with Crippen molar-refractivity contribution in [2.24, 2.45) is 0 Å². The van der Waals surface area contributed by atoms with Gasteiger partial charge in [-0.3, -0.25) is 10.1 Å². The number of piperidine rings is 1. The summed E-state index contributed by atoms with van der Waals surface area (Å²) < 4.78 is 5.59. The van der Waals surface area contributed by atoms with Gasteiger partial charge in [0.05, 0.1) is 6.10 Å². The lowest BCUT2D eigenvalue weighted by Gasteiger charge is -2.28. The first-order chi connectivity index (χ1) is 13.5. The van der Waals surface area contributed by atoms with Crippen molar-refractivity contribution in [3.63, 3.8) is 0 Å². The summed E-state index contributed by atoms with van der Waals surface area (Å²) in [5, 5.41) is 6.06. The molecule has 2 N–H and O–H groups in total. The molecular formula is C22H27N3O2S. The maximum Gasteiger partial charge on any atom is 0.257 e. The average molecular weight is 398 g/mol. The number of rotatable bonds is 5. The van der Waals surface area contributed by atoms with Crippen LogP contribution in [0, 0.1) is 0 Å². The second kappa shape index (κ2) is 9.55. The fourth-order valence-electron chi connectivity index (χ4n) is 3.20. The van der Waals surface area contributed by atoms with Crippen molar-refractivity contribution >= 4 is 34.6 Å². The summed E-state index contributed by atoms with van der Waals surface area (Å²) >= 11 is 5.27. The molecule has 2 aromatic carbocycles. The number of anilines is 2. The third-order valence-electron chi connectivity index (χ3n) is 4.56. The van der Waals surface area contributed by atoms with E-state index in [0.717, 1.165) is 24.5 Å². The Labute approximate surface area is 172 Å². The van der Waals surface area contributed by atoms with Gasteiger partial charge < -0.3 is 15.0 Å². The highest BCUT2D eigenvalue weighted by molar-refractivity contribution is 7.80. The molecule has 1 heterocycles. The minimum Gasteiger partial charge on any atom is -0.491 e. The fourth-order valence-corrected chi connectivity index (χ4v) is 3.41. The van der Waals surface area contributed by atoms with Crippen LogP contribution in [0.4, 0.5) is 11.4 Å². The number of nitrogens with one attached hydrogen (secondary N) is 2. The highest BCUT2D eigenvalue weighted by Crippen LogP contribution is 2.21. The molecule has 0 bridgehead atoms. The molecule has 0 spiro atoms. The number of hydrogen-bond acceptors (Lipinski definition) is 4. The van der Waals surface area contributed by atoms with Gasteiger partial charge in [-0.25, -0.2) is 0 Å². The van der Waals surface area contributed by atoms with Crippen LogP contribution in [0.5, 0.6) is 5.75 Å². The number of nitrogens with zero attached hydrogens (tertiary/aromatic N) is 1. The molecule has 0 radical (unpaired) electrons. The van der Waals surface area contributed by atoms with Crippen molar-refractivity contribution in [1.82, 2.24) is 5.32 Å². The molecule has 0 unspecified atom stereocenters. The zero-order valence-corrected chi connectivity index (χ0v) is 17.2. The zero-order valence-electron chi connectivity index (χ0n) is 16.4. The number of hydrogen-bond donors (Lipinski definition) is 2. The Balaban J connectivity index is 1.52. The van der Waals surface area contributed by atoms with Crippen molar-refractivity contribution in [3.05, 3.63) is 54.1 Å². The standard InChI is InChI=1S/C22H27N3O2S/c1-16(2)27-20-12-6-17(7-13-20)21(26)24-22(28)23-18-8-10-19(11-9-18)25-14-4-3-5-15-25/h6-13,16H,3-5,14-15H2,1-2H3,(H2,23,24,26,28). The van der Waals surface area contributed by atoms with Crippen LogP contribution in [0.25, 0.3) is 0 Å². The summed E-state index contributed by atoms with van der Waals surface area (Å²) in [4.78, 5) is 14.8. The highest BCUT2D eigenvalue weighted by atomic mass is 32.1. The van der Waals surface area contributed by atoms with E-state index in [2.05, 4.69) is 27.7 Å². The van der Waals surface area contributed by atoms with Crippen LogP contribution in [0.2, 0.25) is 0 Å². The Hall–Kier alpha value is -2.60. The molecule has 1 aliphatic rings.